The van der Waals surface area contributed by atoms with Gasteiger partial charge >= 0.3 is 0 Å². The number of hydrogen-bond acceptors (Lipinski definition) is 4. The first-order valence-corrected chi connectivity index (χ1v) is 7.88. The summed E-state index contributed by atoms with van der Waals surface area (Å²) in [5.74, 6) is 2.25. The summed E-state index contributed by atoms with van der Waals surface area (Å²) in [4.78, 5) is 16.3. The van der Waals surface area contributed by atoms with Crippen LogP contribution in [0.15, 0.2) is 6.33 Å². The fourth-order valence-electron chi connectivity index (χ4n) is 3.46. The van der Waals surface area contributed by atoms with E-state index in [1.165, 1.54) is 44.3 Å². The fourth-order valence-corrected chi connectivity index (χ4v) is 3.46. The van der Waals surface area contributed by atoms with Gasteiger partial charge in [-0.05, 0) is 25.7 Å². The van der Waals surface area contributed by atoms with Gasteiger partial charge in [0.2, 0.25) is 0 Å². The van der Waals surface area contributed by atoms with E-state index >= 15 is 0 Å². The van der Waals surface area contributed by atoms with Crippen molar-refractivity contribution in [2.24, 2.45) is 0 Å². The van der Waals surface area contributed by atoms with Gasteiger partial charge in [0.15, 0.2) is 17.0 Å². The van der Waals surface area contributed by atoms with E-state index in [0.717, 1.165) is 43.0 Å². The molecule has 2 aromatic rings. The van der Waals surface area contributed by atoms with Crippen LogP contribution in [0.3, 0.4) is 0 Å². The van der Waals surface area contributed by atoms with E-state index in [9.17, 15) is 0 Å². The highest BCUT2D eigenvalue weighted by atomic mass is 15.2. The van der Waals surface area contributed by atoms with E-state index < -0.39 is 0 Å². The molecule has 2 aliphatic heterocycles. The lowest BCUT2D eigenvalue weighted by Crippen LogP contribution is -2.25. The predicted octanol–water partition coefficient (Wildman–Crippen LogP) is 2.54. The van der Waals surface area contributed by atoms with Crippen molar-refractivity contribution in [3.05, 3.63) is 12.2 Å². The van der Waals surface area contributed by atoms with E-state index in [-0.39, 0.29) is 0 Å². The van der Waals surface area contributed by atoms with Crippen molar-refractivity contribution in [1.82, 2.24) is 19.5 Å². The van der Waals surface area contributed by atoms with Crippen LogP contribution in [0.1, 0.15) is 44.3 Å². The predicted molar refractivity (Wildman–Crippen MR) is 78.9 cm³/mol. The van der Waals surface area contributed by atoms with E-state index in [0.29, 0.717) is 0 Å². The maximum Gasteiger partial charge on any atom is 0.165 e. The van der Waals surface area contributed by atoms with Gasteiger partial charge in [-0.15, -0.1) is 0 Å². The smallest absolute Gasteiger partial charge is 0.165 e. The molecule has 0 aliphatic carbocycles. The number of nitrogens with zero attached hydrogens (tertiary/aromatic N) is 5. The molecular weight excluding hydrogens is 250 g/mol. The van der Waals surface area contributed by atoms with Crippen molar-refractivity contribution < 1.29 is 0 Å². The Hall–Kier alpha value is -1.65. The number of rotatable bonds is 1. The molecule has 1 saturated heterocycles. The Morgan fingerprint density at radius 2 is 1.65 bits per heavy atom. The number of imidazole rings is 1. The van der Waals surface area contributed by atoms with Crippen molar-refractivity contribution in [2.75, 3.05) is 18.0 Å². The van der Waals surface area contributed by atoms with Gasteiger partial charge in [-0.3, -0.25) is 0 Å². The number of fused-ring (bicyclic) bond motifs is 3. The SMILES string of the molecule is c1nc(N2CCCCCC2)c2nc3n(c2n1)CCCC3. The van der Waals surface area contributed by atoms with Crippen molar-refractivity contribution in [1.29, 1.82) is 0 Å². The minimum Gasteiger partial charge on any atom is -0.355 e. The zero-order chi connectivity index (χ0) is 13.4. The fraction of sp³-hybridized carbons (Fsp3) is 0.667. The summed E-state index contributed by atoms with van der Waals surface area (Å²) in [6.45, 7) is 3.27. The summed E-state index contributed by atoms with van der Waals surface area (Å²) in [7, 11) is 0. The second kappa shape index (κ2) is 5.04. The average molecular weight is 271 g/mol. The van der Waals surface area contributed by atoms with Gasteiger partial charge in [-0.2, -0.15) is 0 Å². The lowest BCUT2D eigenvalue weighted by molar-refractivity contribution is 0.530. The number of aryl methyl sites for hydroxylation is 2. The van der Waals surface area contributed by atoms with Gasteiger partial charge in [0.25, 0.3) is 0 Å². The molecule has 20 heavy (non-hydrogen) atoms. The van der Waals surface area contributed by atoms with Crippen molar-refractivity contribution in [3.63, 3.8) is 0 Å². The molecule has 1 fully saturated rings. The molecule has 0 radical (unpaired) electrons. The lowest BCUT2D eigenvalue weighted by atomic mass is 10.2. The zero-order valence-corrected chi connectivity index (χ0v) is 11.9. The van der Waals surface area contributed by atoms with Crippen LogP contribution in [0.4, 0.5) is 5.82 Å². The van der Waals surface area contributed by atoms with Crippen LogP contribution >= 0.6 is 0 Å². The first-order chi connectivity index (χ1) is 9.93. The molecular formula is C15H21N5. The minimum absolute atomic E-state index is 1.02. The molecule has 4 rings (SSSR count). The van der Waals surface area contributed by atoms with Crippen LogP contribution in [-0.2, 0) is 13.0 Å². The van der Waals surface area contributed by atoms with Crippen molar-refractivity contribution in [3.8, 4) is 0 Å². The van der Waals surface area contributed by atoms with Crippen LogP contribution in [-0.4, -0.2) is 32.6 Å². The van der Waals surface area contributed by atoms with E-state index in [1.807, 2.05) is 0 Å². The number of anilines is 1. The normalized spacial score (nSPS) is 19.9. The largest absolute Gasteiger partial charge is 0.355 e. The average Bonchev–Trinajstić information content (AvgIpc) is 2.68. The Labute approximate surface area is 119 Å². The second-order valence-corrected chi connectivity index (χ2v) is 5.91. The maximum absolute atomic E-state index is 4.86. The van der Waals surface area contributed by atoms with E-state index in [1.54, 1.807) is 6.33 Å². The highest BCUT2D eigenvalue weighted by Gasteiger charge is 2.21. The molecule has 106 valence electrons. The Morgan fingerprint density at radius 3 is 2.50 bits per heavy atom. The maximum atomic E-state index is 4.86. The number of aromatic nitrogens is 4. The van der Waals surface area contributed by atoms with Crippen LogP contribution in [0, 0.1) is 0 Å². The molecule has 2 aliphatic rings. The molecule has 0 unspecified atom stereocenters. The zero-order valence-electron chi connectivity index (χ0n) is 11.9. The quantitative estimate of drug-likeness (QED) is 0.799. The summed E-state index contributed by atoms with van der Waals surface area (Å²) < 4.78 is 2.29. The first-order valence-electron chi connectivity index (χ1n) is 7.88. The van der Waals surface area contributed by atoms with Crippen molar-refractivity contribution in [2.45, 2.75) is 51.5 Å². The highest BCUT2D eigenvalue weighted by molar-refractivity contribution is 5.84. The lowest BCUT2D eigenvalue weighted by Gasteiger charge is -2.21. The standard InChI is InChI=1S/C15H21N5/c1-2-5-9-19(8-4-1)14-13-15(17-11-16-14)20-10-6-3-7-12(20)18-13/h11H,1-10H2. The van der Waals surface area contributed by atoms with Crippen molar-refractivity contribution >= 4 is 17.0 Å². The Balaban J connectivity index is 1.81. The summed E-state index contributed by atoms with van der Waals surface area (Å²) >= 11 is 0. The van der Waals surface area contributed by atoms with E-state index in [4.69, 9.17) is 4.98 Å². The first kappa shape index (κ1) is 12.1. The summed E-state index contributed by atoms with van der Waals surface area (Å²) in [5, 5.41) is 0. The van der Waals surface area contributed by atoms with E-state index in [2.05, 4.69) is 19.4 Å². The van der Waals surface area contributed by atoms with Gasteiger partial charge in [-0.1, -0.05) is 12.8 Å². The molecule has 0 atom stereocenters. The van der Waals surface area contributed by atoms with Gasteiger partial charge in [0, 0.05) is 26.1 Å². The summed E-state index contributed by atoms with van der Waals surface area (Å²) in [5.41, 5.74) is 2.06. The third-order valence-corrected chi connectivity index (χ3v) is 4.53. The minimum atomic E-state index is 1.02. The molecule has 0 amide bonds. The highest BCUT2D eigenvalue weighted by Crippen LogP contribution is 2.27. The molecule has 2 aromatic heterocycles. The summed E-state index contributed by atoms with van der Waals surface area (Å²) in [6.07, 6.45) is 10.5. The molecule has 0 saturated carbocycles. The topological polar surface area (TPSA) is 46.8 Å². The molecule has 5 nitrogen and oxygen atoms in total. The third-order valence-electron chi connectivity index (χ3n) is 4.53. The van der Waals surface area contributed by atoms with Crippen LogP contribution in [0.2, 0.25) is 0 Å². The van der Waals surface area contributed by atoms with Crippen LogP contribution in [0.5, 0.6) is 0 Å². The molecule has 0 bridgehead atoms. The van der Waals surface area contributed by atoms with Crippen LogP contribution < -0.4 is 4.90 Å². The third kappa shape index (κ3) is 1.96. The second-order valence-electron chi connectivity index (χ2n) is 5.91. The molecule has 4 heterocycles. The molecule has 5 heteroatoms. The van der Waals surface area contributed by atoms with Gasteiger partial charge in [-0.25, -0.2) is 15.0 Å². The Morgan fingerprint density at radius 1 is 0.850 bits per heavy atom. The van der Waals surface area contributed by atoms with Gasteiger partial charge in [0.1, 0.15) is 12.2 Å². The number of hydrogen-bond donors (Lipinski definition) is 0. The van der Waals surface area contributed by atoms with Gasteiger partial charge in [0.05, 0.1) is 0 Å². The monoisotopic (exact) mass is 271 g/mol. The van der Waals surface area contributed by atoms with Crippen LogP contribution in [0.25, 0.3) is 11.2 Å². The molecule has 0 aromatic carbocycles. The Bertz CT molecular complexity index is 610. The molecule has 0 spiro atoms. The Kier molecular flexibility index (Phi) is 3.05. The van der Waals surface area contributed by atoms with Gasteiger partial charge < -0.3 is 9.47 Å². The summed E-state index contributed by atoms with van der Waals surface area (Å²) in [6, 6.07) is 0. The molecule has 0 N–H and O–H groups in total.